The van der Waals surface area contributed by atoms with Crippen LogP contribution in [0, 0.1) is 5.92 Å². The van der Waals surface area contributed by atoms with Crippen LogP contribution < -0.4 is 5.32 Å². The van der Waals surface area contributed by atoms with E-state index in [2.05, 4.69) is 31.3 Å². The van der Waals surface area contributed by atoms with E-state index in [1.165, 1.54) is 0 Å². The largest absolute Gasteiger partial charge is 0.293 e. The number of carbonyl (C=O) groups is 1. The summed E-state index contributed by atoms with van der Waals surface area (Å²) >= 11 is 3.31. The Morgan fingerprint density at radius 1 is 1.59 bits per heavy atom. The van der Waals surface area contributed by atoms with Gasteiger partial charge in [0.05, 0.1) is 5.92 Å². The second-order valence-corrected chi connectivity index (χ2v) is 4.71. The van der Waals surface area contributed by atoms with E-state index in [4.69, 9.17) is 0 Å². The van der Waals surface area contributed by atoms with Crippen LogP contribution >= 0.6 is 15.9 Å². The molecule has 2 heterocycles. The van der Waals surface area contributed by atoms with Gasteiger partial charge in [0.25, 0.3) is 0 Å². The maximum atomic E-state index is 12.7. The van der Waals surface area contributed by atoms with Crippen LogP contribution in [0.4, 0.5) is 10.3 Å². The van der Waals surface area contributed by atoms with E-state index < -0.39 is 12.1 Å². The van der Waals surface area contributed by atoms with Crippen LogP contribution in [0.2, 0.25) is 0 Å². The van der Waals surface area contributed by atoms with Crippen molar-refractivity contribution in [1.29, 1.82) is 0 Å². The predicted octanol–water partition coefficient (Wildman–Crippen LogP) is 1.79. The number of nitrogens with one attached hydrogen (secondary N) is 1. The molecule has 7 heteroatoms. The number of carbonyl (C=O) groups excluding carboxylic acids is 1. The van der Waals surface area contributed by atoms with Gasteiger partial charge in [-0.3, -0.25) is 10.1 Å². The highest BCUT2D eigenvalue weighted by Crippen LogP contribution is 2.34. The Bertz CT molecular complexity index is 599. The molecule has 0 spiro atoms. The van der Waals surface area contributed by atoms with Crippen molar-refractivity contribution in [1.82, 2.24) is 14.6 Å². The predicted molar refractivity (Wildman–Crippen MR) is 62.3 cm³/mol. The fraction of sp³-hybridized carbons (Fsp3) is 0.300. The highest BCUT2D eigenvalue weighted by atomic mass is 79.9. The zero-order chi connectivity index (χ0) is 12.0. The molecule has 3 rings (SSSR count). The molecule has 1 aliphatic rings. The molecule has 2 aromatic rings. The summed E-state index contributed by atoms with van der Waals surface area (Å²) in [5, 5.41) is 6.60. The first-order valence-electron chi connectivity index (χ1n) is 5.11. The lowest BCUT2D eigenvalue weighted by Gasteiger charge is -1.96. The zero-order valence-electron chi connectivity index (χ0n) is 8.60. The van der Waals surface area contributed by atoms with Gasteiger partial charge in [-0.25, -0.2) is 8.91 Å². The van der Waals surface area contributed by atoms with Crippen LogP contribution in [0.3, 0.4) is 0 Å². The van der Waals surface area contributed by atoms with Gasteiger partial charge in [-0.05, 0) is 34.5 Å². The SMILES string of the molecule is O=C(Nc1nc2cccc(Br)n2n1)[C@H]1C[C@H]1F. The molecule has 0 aliphatic heterocycles. The average molecular weight is 299 g/mol. The van der Waals surface area contributed by atoms with Gasteiger partial charge in [-0.2, -0.15) is 4.98 Å². The molecule has 0 radical (unpaired) electrons. The van der Waals surface area contributed by atoms with E-state index in [0.717, 1.165) is 4.60 Å². The van der Waals surface area contributed by atoms with Crippen molar-refractivity contribution in [2.75, 3.05) is 5.32 Å². The second kappa shape index (κ2) is 3.76. The number of hydrogen-bond donors (Lipinski definition) is 1. The number of aromatic nitrogens is 3. The third kappa shape index (κ3) is 1.90. The monoisotopic (exact) mass is 298 g/mol. The minimum atomic E-state index is -1.02. The summed E-state index contributed by atoms with van der Waals surface area (Å²) in [6.07, 6.45) is -0.720. The number of amides is 1. The van der Waals surface area contributed by atoms with Gasteiger partial charge in [0.2, 0.25) is 11.9 Å². The van der Waals surface area contributed by atoms with Gasteiger partial charge in [0.1, 0.15) is 10.8 Å². The Hall–Kier alpha value is -1.50. The summed E-state index contributed by atoms with van der Waals surface area (Å²) in [4.78, 5) is 15.6. The molecule has 0 unspecified atom stereocenters. The van der Waals surface area contributed by atoms with Gasteiger partial charge in [0, 0.05) is 0 Å². The summed E-state index contributed by atoms with van der Waals surface area (Å²) in [7, 11) is 0. The summed E-state index contributed by atoms with van der Waals surface area (Å²) in [6.45, 7) is 0. The van der Waals surface area contributed by atoms with Crippen molar-refractivity contribution < 1.29 is 9.18 Å². The Balaban J connectivity index is 1.86. The number of halogens is 2. The Morgan fingerprint density at radius 3 is 3.00 bits per heavy atom. The van der Waals surface area contributed by atoms with E-state index in [-0.39, 0.29) is 11.9 Å². The van der Waals surface area contributed by atoms with Crippen LogP contribution in [0.5, 0.6) is 0 Å². The second-order valence-electron chi connectivity index (χ2n) is 3.90. The van der Waals surface area contributed by atoms with E-state index >= 15 is 0 Å². The van der Waals surface area contributed by atoms with Gasteiger partial charge < -0.3 is 0 Å². The van der Waals surface area contributed by atoms with E-state index in [0.29, 0.717) is 12.1 Å². The number of rotatable bonds is 2. The minimum absolute atomic E-state index is 0.195. The fourth-order valence-corrected chi connectivity index (χ4v) is 1.98. The van der Waals surface area contributed by atoms with E-state index in [1.807, 2.05) is 12.1 Å². The lowest BCUT2D eigenvalue weighted by molar-refractivity contribution is -0.117. The number of hydrogen-bond acceptors (Lipinski definition) is 3. The molecule has 0 saturated heterocycles. The number of pyridine rings is 1. The van der Waals surface area contributed by atoms with Crippen molar-refractivity contribution in [2.45, 2.75) is 12.6 Å². The molecule has 1 N–H and O–H groups in total. The van der Waals surface area contributed by atoms with Crippen LogP contribution in [0.15, 0.2) is 22.8 Å². The molecule has 2 atom stereocenters. The molecule has 0 aromatic carbocycles. The number of anilines is 1. The van der Waals surface area contributed by atoms with Crippen molar-refractivity contribution in [3.8, 4) is 0 Å². The number of alkyl halides is 1. The summed E-state index contributed by atoms with van der Waals surface area (Å²) in [5.74, 6) is -0.699. The van der Waals surface area contributed by atoms with Gasteiger partial charge >= 0.3 is 0 Å². The van der Waals surface area contributed by atoms with Crippen LogP contribution in [-0.4, -0.2) is 26.7 Å². The molecule has 1 saturated carbocycles. The first-order valence-corrected chi connectivity index (χ1v) is 5.90. The third-order valence-electron chi connectivity index (χ3n) is 2.60. The lowest BCUT2D eigenvalue weighted by Crippen LogP contribution is -2.16. The quantitative estimate of drug-likeness (QED) is 0.860. The van der Waals surface area contributed by atoms with Crippen LogP contribution in [0.1, 0.15) is 6.42 Å². The maximum Gasteiger partial charge on any atom is 0.249 e. The topological polar surface area (TPSA) is 59.3 Å². The van der Waals surface area contributed by atoms with Crippen molar-refractivity contribution in [2.24, 2.45) is 5.92 Å². The molecular formula is C10H8BrFN4O. The smallest absolute Gasteiger partial charge is 0.249 e. The summed E-state index contributed by atoms with van der Waals surface area (Å²) < 4.78 is 15.0. The summed E-state index contributed by atoms with van der Waals surface area (Å²) in [6, 6.07) is 5.40. The number of nitrogens with zero attached hydrogens (tertiary/aromatic N) is 3. The van der Waals surface area contributed by atoms with Gasteiger partial charge in [-0.15, -0.1) is 5.10 Å². The normalized spacial score (nSPS) is 22.7. The van der Waals surface area contributed by atoms with Gasteiger partial charge in [-0.1, -0.05) is 6.07 Å². The molecule has 5 nitrogen and oxygen atoms in total. The molecular weight excluding hydrogens is 291 g/mol. The summed E-state index contributed by atoms with van der Waals surface area (Å²) in [5.41, 5.74) is 0.613. The Kier molecular flexibility index (Phi) is 2.36. The highest BCUT2D eigenvalue weighted by Gasteiger charge is 2.44. The zero-order valence-corrected chi connectivity index (χ0v) is 10.2. The number of fused-ring (bicyclic) bond motifs is 1. The van der Waals surface area contributed by atoms with Crippen molar-refractivity contribution in [3.63, 3.8) is 0 Å². The first-order chi connectivity index (χ1) is 8.15. The molecule has 88 valence electrons. The van der Waals surface area contributed by atoms with E-state index in [1.54, 1.807) is 10.6 Å². The van der Waals surface area contributed by atoms with Gasteiger partial charge in [0.15, 0.2) is 5.65 Å². The Morgan fingerprint density at radius 2 is 2.35 bits per heavy atom. The van der Waals surface area contributed by atoms with Crippen LogP contribution in [-0.2, 0) is 4.79 Å². The fourth-order valence-electron chi connectivity index (χ4n) is 1.56. The molecule has 1 aliphatic carbocycles. The average Bonchev–Trinajstić information content (AvgIpc) is 2.87. The molecule has 1 fully saturated rings. The van der Waals surface area contributed by atoms with Crippen molar-refractivity contribution in [3.05, 3.63) is 22.8 Å². The Labute approximate surface area is 104 Å². The maximum absolute atomic E-state index is 12.7. The molecule has 0 bridgehead atoms. The standard InChI is InChI=1S/C10H8BrFN4O/c11-7-2-1-3-8-13-10(15-16(7)8)14-9(17)5-4-6(5)12/h1-3,5-6H,4H2,(H,14,15,17)/t5-,6+/m0/s1. The minimum Gasteiger partial charge on any atom is -0.293 e. The first kappa shape index (κ1) is 10.6. The third-order valence-corrected chi connectivity index (χ3v) is 3.20. The van der Waals surface area contributed by atoms with Crippen molar-refractivity contribution >= 4 is 33.4 Å². The lowest BCUT2D eigenvalue weighted by atomic mass is 10.4. The van der Waals surface area contributed by atoms with Crippen LogP contribution in [0.25, 0.3) is 5.65 Å². The van der Waals surface area contributed by atoms with E-state index in [9.17, 15) is 9.18 Å². The molecule has 2 aromatic heterocycles. The molecule has 1 amide bonds. The molecule has 17 heavy (non-hydrogen) atoms. The highest BCUT2D eigenvalue weighted by molar-refractivity contribution is 9.10.